The van der Waals surface area contributed by atoms with Gasteiger partial charge in [0.05, 0.1) is 6.10 Å². The molecule has 3 rings (SSSR count). The molecule has 2 aromatic rings. The predicted octanol–water partition coefficient (Wildman–Crippen LogP) is 1.77. The van der Waals surface area contributed by atoms with E-state index in [9.17, 15) is 9.90 Å². The number of carbonyl (C=O) groups excluding carboxylic acids is 1. The lowest BCUT2D eigenvalue weighted by atomic mass is 9.93. The van der Waals surface area contributed by atoms with E-state index in [0.717, 1.165) is 31.2 Å². The summed E-state index contributed by atoms with van der Waals surface area (Å²) in [7, 11) is 0. The molecule has 2 N–H and O–H groups in total. The van der Waals surface area contributed by atoms with Crippen LogP contribution in [0.3, 0.4) is 0 Å². The normalized spacial score (nSPS) is 22.0. The third-order valence-electron chi connectivity index (χ3n) is 3.80. The highest BCUT2D eigenvalue weighted by Gasteiger charge is 2.21. The van der Waals surface area contributed by atoms with Gasteiger partial charge in [0.25, 0.3) is 5.91 Å². The number of carbonyl (C=O) groups is 1. The Labute approximate surface area is 122 Å². The van der Waals surface area contributed by atoms with Gasteiger partial charge in [0.1, 0.15) is 0 Å². The predicted molar refractivity (Wildman–Crippen MR) is 75.5 cm³/mol. The van der Waals surface area contributed by atoms with Gasteiger partial charge >= 0.3 is 0 Å². The van der Waals surface area contributed by atoms with Crippen LogP contribution in [0.1, 0.15) is 36.0 Å². The van der Waals surface area contributed by atoms with Gasteiger partial charge in [0, 0.05) is 17.2 Å². The van der Waals surface area contributed by atoms with E-state index in [1.54, 1.807) is 24.3 Å². The summed E-state index contributed by atoms with van der Waals surface area (Å²) in [5, 5.41) is 16.2. The second-order valence-electron chi connectivity index (χ2n) is 5.31. The number of benzene rings is 1. The molecule has 0 spiro atoms. The topological polar surface area (TPSA) is 88.2 Å². The molecule has 1 amide bonds. The molecule has 1 heterocycles. The highest BCUT2D eigenvalue weighted by atomic mass is 16.5. The van der Waals surface area contributed by atoms with Crippen LogP contribution < -0.4 is 5.32 Å². The van der Waals surface area contributed by atoms with E-state index in [-0.39, 0.29) is 18.1 Å². The summed E-state index contributed by atoms with van der Waals surface area (Å²) in [4.78, 5) is 16.1. The Bertz CT molecular complexity index is 587. The molecule has 0 aliphatic heterocycles. The lowest BCUT2D eigenvalue weighted by Gasteiger charge is -2.26. The molecule has 1 aliphatic rings. The average Bonchev–Trinajstić information content (AvgIpc) is 3.04. The number of nitrogens with one attached hydrogen (secondary N) is 1. The maximum atomic E-state index is 12.2. The van der Waals surface area contributed by atoms with Crippen LogP contribution in [0.25, 0.3) is 11.4 Å². The standard InChI is InChI=1S/C15H17N3O3/c19-13-7-5-12(6-8-13)17-15(20)11-3-1-10(2-4-11)14-16-9-21-18-14/h1-4,9,12-13,19H,5-8H2,(H,17,20). The zero-order valence-electron chi connectivity index (χ0n) is 11.5. The Morgan fingerprint density at radius 2 is 1.90 bits per heavy atom. The Morgan fingerprint density at radius 3 is 2.52 bits per heavy atom. The molecule has 6 heteroatoms. The highest BCUT2D eigenvalue weighted by Crippen LogP contribution is 2.19. The van der Waals surface area contributed by atoms with Crippen molar-refractivity contribution in [2.45, 2.75) is 37.8 Å². The van der Waals surface area contributed by atoms with Gasteiger partial charge in [-0.3, -0.25) is 4.79 Å². The number of hydrogen-bond donors (Lipinski definition) is 2. The van der Waals surface area contributed by atoms with Crippen molar-refractivity contribution in [2.24, 2.45) is 0 Å². The van der Waals surface area contributed by atoms with Gasteiger partial charge in [0.2, 0.25) is 12.2 Å². The van der Waals surface area contributed by atoms with Crippen LogP contribution in [0.2, 0.25) is 0 Å². The fourth-order valence-corrected chi connectivity index (χ4v) is 2.56. The first-order chi connectivity index (χ1) is 10.2. The fourth-order valence-electron chi connectivity index (χ4n) is 2.56. The second-order valence-corrected chi connectivity index (χ2v) is 5.31. The van der Waals surface area contributed by atoms with E-state index in [1.807, 2.05) is 0 Å². The van der Waals surface area contributed by atoms with E-state index in [1.165, 1.54) is 6.39 Å². The number of aliphatic hydroxyl groups excluding tert-OH is 1. The van der Waals surface area contributed by atoms with Gasteiger partial charge in [-0.15, -0.1) is 0 Å². The number of aromatic nitrogens is 2. The Hall–Kier alpha value is -2.21. The van der Waals surface area contributed by atoms with Crippen molar-refractivity contribution in [1.82, 2.24) is 15.5 Å². The smallest absolute Gasteiger partial charge is 0.251 e. The van der Waals surface area contributed by atoms with Gasteiger partial charge in [-0.1, -0.05) is 17.3 Å². The summed E-state index contributed by atoms with van der Waals surface area (Å²) < 4.78 is 4.69. The SMILES string of the molecule is O=C(NC1CCC(O)CC1)c1ccc(-c2ncon2)cc1. The van der Waals surface area contributed by atoms with Crippen molar-refractivity contribution < 1.29 is 14.4 Å². The third kappa shape index (κ3) is 3.28. The molecule has 1 aromatic carbocycles. The van der Waals surface area contributed by atoms with Crippen LogP contribution in [-0.4, -0.2) is 33.3 Å². The zero-order chi connectivity index (χ0) is 14.7. The van der Waals surface area contributed by atoms with Crippen LogP contribution in [0.5, 0.6) is 0 Å². The van der Waals surface area contributed by atoms with Crippen molar-refractivity contribution in [1.29, 1.82) is 0 Å². The summed E-state index contributed by atoms with van der Waals surface area (Å²) in [6.45, 7) is 0. The van der Waals surface area contributed by atoms with E-state index < -0.39 is 0 Å². The molecule has 0 unspecified atom stereocenters. The molecule has 110 valence electrons. The third-order valence-corrected chi connectivity index (χ3v) is 3.80. The van der Waals surface area contributed by atoms with Crippen molar-refractivity contribution in [2.75, 3.05) is 0 Å². The molecule has 1 aliphatic carbocycles. The minimum Gasteiger partial charge on any atom is -0.393 e. The number of rotatable bonds is 3. The summed E-state index contributed by atoms with van der Waals surface area (Å²) in [5.74, 6) is 0.416. The molecule has 0 radical (unpaired) electrons. The van der Waals surface area contributed by atoms with Crippen LogP contribution in [0.15, 0.2) is 35.2 Å². The first-order valence-electron chi connectivity index (χ1n) is 7.08. The maximum absolute atomic E-state index is 12.2. The maximum Gasteiger partial charge on any atom is 0.251 e. The summed E-state index contributed by atoms with van der Waals surface area (Å²) in [6.07, 6.45) is 4.21. The number of hydrogen-bond acceptors (Lipinski definition) is 5. The van der Waals surface area contributed by atoms with Gasteiger partial charge < -0.3 is 14.9 Å². The molecular weight excluding hydrogens is 270 g/mol. The van der Waals surface area contributed by atoms with E-state index in [4.69, 9.17) is 4.52 Å². The minimum atomic E-state index is -0.215. The Morgan fingerprint density at radius 1 is 1.19 bits per heavy atom. The van der Waals surface area contributed by atoms with E-state index in [0.29, 0.717) is 11.4 Å². The van der Waals surface area contributed by atoms with Crippen LogP contribution >= 0.6 is 0 Å². The minimum absolute atomic E-state index is 0.0870. The van der Waals surface area contributed by atoms with Crippen molar-refractivity contribution in [3.05, 3.63) is 36.2 Å². The molecule has 0 atom stereocenters. The summed E-state index contributed by atoms with van der Waals surface area (Å²) in [6, 6.07) is 7.24. The number of amides is 1. The molecule has 0 bridgehead atoms. The monoisotopic (exact) mass is 287 g/mol. The Kier molecular flexibility index (Phi) is 3.96. The molecule has 1 saturated carbocycles. The van der Waals surface area contributed by atoms with Crippen LogP contribution in [-0.2, 0) is 0 Å². The molecule has 0 saturated heterocycles. The molecule has 6 nitrogen and oxygen atoms in total. The fraction of sp³-hybridized carbons (Fsp3) is 0.400. The highest BCUT2D eigenvalue weighted by molar-refractivity contribution is 5.94. The van der Waals surface area contributed by atoms with E-state index >= 15 is 0 Å². The van der Waals surface area contributed by atoms with Crippen molar-refractivity contribution in [3.63, 3.8) is 0 Å². The number of nitrogens with zero attached hydrogens (tertiary/aromatic N) is 2. The molecule has 1 aromatic heterocycles. The molecular formula is C15H17N3O3. The first kappa shape index (κ1) is 13.8. The second kappa shape index (κ2) is 6.05. The summed E-state index contributed by atoms with van der Waals surface area (Å²) >= 11 is 0. The number of aliphatic hydroxyl groups is 1. The quantitative estimate of drug-likeness (QED) is 0.898. The van der Waals surface area contributed by atoms with Crippen LogP contribution in [0.4, 0.5) is 0 Å². The van der Waals surface area contributed by atoms with Gasteiger partial charge in [0.15, 0.2) is 0 Å². The van der Waals surface area contributed by atoms with Crippen molar-refractivity contribution in [3.8, 4) is 11.4 Å². The largest absolute Gasteiger partial charge is 0.393 e. The van der Waals surface area contributed by atoms with Crippen LogP contribution in [0, 0.1) is 0 Å². The van der Waals surface area contributed by atoms with Gasteiger partial charge in [-0.05, 0) is 37.8 Å². The lowest BCUT2D eigenvalue weighted by Crippen LogP contribution is -2.38. The summed E-state index contributed by atoms with van der Waals surface area (Å²) in [5.41, 5.74) is 1.41. The average molecular weight is 287 g/mol. The van der Waals surface area contributed by atoms with Gasteiger partial charge in [-0.25, -0.2) is 0 Å². The van der Waals surface area contributed by atoms with Gasteiger partial charge in [-0.2, -0.15) is 4.98 Å². The molecule has 1 fully saturated rings. The Balaban J connectivity index is 1.62. The lowest BCUT2D eigenvalue weighted by molar-refractivity contribution is 0.0867. The van der Waals surface area contributed by atoms with E-state index in [2.05, 4.69) is 15.5 Å². The molecule has 21 heavy (non-hydrogen) atoms. The van der Waals surface area contributed by atoms with Crippen molar-refractivity contribution >= 4 is 5.91 Å². The first-order valence-corrected chi connectivity index (χ1v) is 7.08. The zero-order valence-corrected chi connectivity index (χ0v) is 11.5.